The SMILES string of the molecule is COc1ccc(NC(=O)[C@@H]2CCn3c(C(=O)c4ccccc4)ccc32)c(OC)c1. The third kappa shape index (κ3) is 3.49. The van der Waals surface area contributed by atoms with E-state index in [4.69, 9.17) is 9.47 Å². The van der Waals surface area contributed by atoms with E-state index in [1.165, 1.54) is 0 Å². The van der Waals surface area contributed by atoms with E-state index in [1.807, 2.05) is 28.8 Å². The Balaban J connectivity index is 1.55. The molecule has 6 heteroatoms. The number of carbonyl (C=O) groups excluding carboxylic acids is 2. The molecule has 0 saturated carbocycles. The quantitative estimate of drug-likeness (QED) is 0.649. The summed E-state index contributed by atoms with van der Waals surface area (Å²) in [6.45, 7) is 0.633. The van der Waals surface area contributed by atoms with Crippen LogP contribution >= 0.6 is 0 Å². The molecule has 3 aromatic rings. The van der Waals surface area contributed by atoms with E-state index in [1.54, 1.807) is 50.6 Å². The Morgan fingerprint density at radius 3 is 2.52 bits per heavy atom. The van der Waals surface area contributed by atoms with Gasteiger partial charge in [0.2, 0.25) is 11.7 Å². The Hall–Kier alpha value is -3.54. The molecule has 1 aliphatic rings. The lowest BCUT2D eigenvalue weighted by Crippen LogP contribution is -2.19. The van der Waals surface area contributed by atoms with E-state index >= 15 is 0 Å². The molecule has 1 N–H and O–H groups in total. The van der Waals surface area contributed by atoms with Gasteiger partial charge in [-0.2, -0.15) is 0 Å². The Morgan fingerprint density at radius 1 is 1.00 bits per heavy atom. The van der Waals surface area contributed by atoms with Gasteiger partial charge < -0.3 is 19.4 Å². The molecule has 0 fully saturated rings. The Morgan fingerprint density at radius 2 is 1.79 bits per heavy atom. The van der Waals surface area contributed by atoms with Crippen molar-refractivity contribution in [2.24, 2.45) is 0 Å². The summed E-state index contributed by atoms with van der Waals surface area (Å²) in [5, 5.41) is 2.95. The van der Waals surface area contributed by atoms with E-state index in [-0.39, 0.29) is 17.6 Å². The van der Waals surface area contributed by atoms with E-state index in [0.717, 1.165) is 5.69 Å². The summed E-state index contributed by atoms with van der Waals surface area (Å²) in [6.07, 6.45) is 0.648. The van der Waals surface area contributed by atoms with Gasteiger partial charge in [-0.15, -0.1) is 0 Å². The fraction of sp³-hybridized carbons (Fsp3) is 0.217. The molecule has 29 heavy (non-hydrogen) atoms. The van der Waals surface area contributed by atoms with Crippen molar-refractivity contribution in [3.8, 4) is 11.5 Å². The monoisotopic (exact) mass is 390 g/mol. The van der Waals surface area contributed by atoms with Crippen molar-refractivity contribution in [2.75, 3.05) is 19.5 Å². The zero-order valence-corrected chi connectivity index (χ0v) is 16.3. The third-order valence-corrected chi connectivity index (χ3v) is 5.26. The first kappa shape index (κ1) is 18.8. The van der Waals surface area contributed by atoms with Gasteiger partial charge in [-0.3, -0.25) is 9.59 Å². The number of fused-ring (bicyclic) bond motifs is 1. The molecule has 0 spiro atoms. The smallest absolute Gasteiger partial charge is 0.233 e. The number of ether oxygens (including phenoxy) is 2. The van der Waals surface area contributed by atoms with E-state index in [9.17, 15) is 9.59 Å². The first-order valence-corrected chi connectivity index (χ1v) is 9.44. The highest BCUT2D eigenvalue weighted by Gasteiger charge is 2.32. The summed E-state index contributed by atoms with van der Waals surface area (Å²) in [7, 11) is 3.13. The number of methoxy groups -OCH3 is 2. The van der Waals surface area contributed by atoms with Crippen molar-refractivity contribution < 1.29 is 19.1 Å². The molecule has 0 bridgehead atoms. The maximum absolute atomic E-state index is 13.0. The molecule has 1 aliphatic heterocycles. The van der Waals surface area contributed by atoms with Crippen molar-refractivity contribution in [1.82, 2.24) is 4.57 Å². The highest BCUT2D eigenvalue weighted by Crippen LogP contribution is 2.34. The van der Waals surface area contributed by atoms with Gasteiger partial charge >= 0.3 is 0 Å². The summed E-state index contributed by atoms with van der Waals surface area (Å²) < 4.78 is 12.5. The fourth-order valence-corrected chi connectivity index (χ4v) is 3.77. The van der Waals surface area contributed by atoms with Gasteiger partial charge in [-0.05, 0) is 30.7 Å². The summed E-state index contributed by atoms with van der Waals surface area (Å²) in [5.41, 5.74) is 2.70. The number of nitrogens with one attached hydrogen (secondary N) is 1. The van der Waals surface area contributed by atoms with Gasteiger partial charge in [0.05, 0.1) is 31.5 Å². The van der Waals surface area contributed by atoms with Crippen LogP contribution < -0.4 is 14.8 Å². The second kappa shape index (κ2) is 7.83. The third-order valence-electron chi connectivity index (χ3n) is 5.26. The first-order chi connectivity index (χ1) is 14.1. The molecule has 148 valence electrons. The summed E-state index contributed by atoms with van der Waals surface area (Å²) in [4.78, 5) is 25.8. The van der Waals surface area contributed by atoms with E-state index in [0.29, 0.717) is 41.4 Å². The number of rotatable bonds is 6. The number of nitrogens with zero attached hydrogens (tertiary/aromatic N) is 1. The lowest BCUT2D eigenvalue weighted by molar-refractivity contribution is -0.117. The molecule has 2 heterocycles. The maximum atomic E-state index is 13.0. The molecule has 6 nitrogen and oxygen atoms in total. The molecule has 0 radical (unpaired) electrons. The van der Waals surface area contributed by atoms with Crippen LogP contribution in [0.1, 0.15) is 34.1 Å². The Kier molecular flexibility index (Phi) is 5.08. The number of amides is 1. The highest BCUT2D eigenvalue weighted by molar-refractivity contribution is 6.08. The van der Waals surface area contributed by atoms with Crippen LogP contribution in [0.5, 0.6) is 11.5 Å². The molecule has 1 atom stereocenters. The summed E-state index contributed by atoms with van der Waals surface area (Å²) in [5.74, 6) is 0.711. The predicted octanol–water partition coefficient (Wildman–Crippen LogP) is 3.86. The lowest BCUT2D eigenvalue weighted by atomic mass is 10.0. The average molecular weight is 390 g/mol. The van der Waals surface area contributed by atoms with Crippen LogP contribution in [0.2, 0.25) is 0 Å². The Labute approximate surface area is 169 Å². The molecule has 0 saturated heterocycles. The van der Waals surface area contributed by atoms with Crippen LogP contribution in [-0.4, -0.2) is 30.5 Å². The minimum atomic E-state index is -0.320. The molecular formula is C23H22N2O4. The van der Waals surface area contributed by atoms with Crippen molar-refractivity contribution in [3.05, 3.63) is 77.6 Å². The van der Waals surface area contributed by atoms with Gasteiger partial charge in [0, 0.05) is 23.9 Å². The van der Waals surface area contributed by atoms with Gasteiger partial charge in [0.1, 0.15) is 11.5 Å². The molecule has 4 rings (SSSR count). The van der Waals surface area contributed by atoms with E-state index in [2.05, 4.69) is 5.32 Å². The average Bonchev–Trinajstić information content (AvgIpc) is 3.36. The van der Waals surface area contributed by atoms with Crippen LogP contribution in [0.3, 0.4) is 0 Å². The second-order valence-corrected chi connectivity index (χ2v) is 6.89. The van der Waals surface area contributed by atoms with Crippen molar-refractivity contribution in [3.63, 3.8) is 0 Å². The number of carbonyl (C=O) groups is 2. The second-order valence-electron chi connectivity index (χ2n) is 6.89. The van der Waals surface area contributed by atoms with Crippen molar-refractivity contribution >= 4 is 17.4 Å². The maximum Gasteiger partial charge on any atom is 0.233 e. The van der Waals surface area contributed by atoms with Crippen molar-refractivity contribution in [1.29, 1.82) is 0 Å². The summed E-state index contributed by atoms with van der Waals surface area (Å²) >= 11 is 0. The molecule has 0 unspecified atom stereocenters. The number of aromatic nitrogens is 1. The van der Waals surface area contributed by atoms with Gasteiger partial charge in [-0.25, -0.2) is 0 Å². The zero-order chi connectivity index (χ0) is 20.4. The standard InChI is InChI=1S/C23H22N2O4/c1-28-16-8-9-18(21(14-16)29-2)24-23(27)17-12-13-25-19(17)10-11-20(25)22(26)15-6-4-3-5-7-15/h3-11,14,17H,12-13H2,1-2H3,(H,24,27)/t17-/m1/s1. The first-order valence-electron chi connectivity index (χ1n) is 9.44. The molecule has 1 aromatic heterocycles. The molecule has 2 aromatic carbocycles. The minimum absolute atomic E-state index is 0.0327. The fourth-order valence-electron chi connectivity index (χ4n) is 3.77. The van der Waals surface area contributed by atoms with E-state index < -0.39 is 0 Å². The molecular weight excluding hydrogens is 368 g/mol. The van der Waals surface area contributed by atoms with Crippen LogP contribution in [0.25, 0.3) is 0 Å². The largest absolute Gasteiger partial charge is 0.497 e. The van der Waals surface area contributed by atoms with Gasteiger partial charge in [0.25, 0.3) is 0 Å². The van der Waals surface area contributed by atoms with Crippen LogP contribution in [-0.2, 0) is 11.3 Å². The number of hydrogen-bond donors (Lipinski definition) is 1. The topological polar surface area (TPSA) is 69.6 Å². The normalized spacial score (nSPS) is 14.9. The molecule has 0 aliphatic carbocycles. The zero-order valence-electron chi connectivity index (χ0n) is 16.3. The highest BCUT2D eigenvalue weighted by atomic mass is 16.5. The lowest BCUT2D eigenvalue weighted by Gasteiger charge is -2.14. The van der Waals surface area contributed by atoms with Crippen LogP contribution in [0, 0.1) is 0 Å². The predicted molar refractivity (Wildman–Crippen MR) is 110 cm³/mol. The van der Waals surface area contributed by atoms with Gasteiger partial charge in [0.15, 0.2) is 0 Å². The van der Waals surface area contributed by atoms with Crippen molar-refractivity contribution in [2.45, 2.75) is 18.9 Å². The Bertz CT molecular complexity index is 1060. The molecule has 1 amide bonds. The number of ketones is 1. The number of hydrogen-bond acceptors (Lipinski definition) is 4. The summed E-state index contributed by atoms with van der Waals surface area (Å²) in [6, 6.07) is 18.1. The minimum Gasteiger partial charge on any atom is -0.497 e. The van der Waals surface area contributed by atoms with Gasteiger partial charge in [-0.1, -0.05) is 30.3 Å². The number of benzene rings is 2. The van der Waals surface area contributed by atoms with Crippen LogP contribution in [0.15, 0.2) is 60.7 Å². The number of anilines is 1. The van der Waals surface area contributed by atoms with Crippen LogP contribution in [0.4, 0.5) is 5.69 Å².